The van der Waals surface area contributed by atoms with Gasteiger partial charge in [-0.2, -0.15) is 5.10 Å². The van der Waals surface area contributed by atoms with Gasteiger partial charge < -0.3 is 14.7 Å². The highest BCUT2D eigenvalue weighted by molar-refractivity contribution is 5.95. The van der Waals surface area contributed by atoms with Gasteiger partial charge in [0, 0.05) is 36.0 Å². The van der Waals surface area contributed by atoms with Gasteiger partial charge in [-0.05, 0) is 42.7 Å². The Labute approximate surface area is 198 Å². The largest absolute Gasteiger partial charge is 0.497 e. The normalized spacial score (nSPS) is 14.3. The molecular formula is C26H28N4O4. The van der Waals surface area contributed by atoms with Crippen LogP contribution in [0.25, 0.3) is 11.8 Å². The van der Waals surface area contributed by atoms with E-state index in [2.05, 4.69) is 10.1 Å². The van der Waals surface area contributed by atoms with Crippen molar-refractivity contribution in [2.45, 2.75) is 38.6 Å². The van der Waals surface area contributed by atoms with Crippen LogP contribution in [0.4, 0.5) is 5.69 Å². The zero-order valence-corrected chi connectivity index (χ0v) is 19.1. The summed E-state index contributed by atoms with van der Waals surface area (Å²) in [4.78, 5) is 30.5. The number of pyridine rings is 1. The third-order valence-corrected chi connectivity index (χ3v) is 5.99. The van der Waals surface area contributed by atoms with Crippen molar-refractivity contribution in [2.24, 2.45) is 5.92 Å². The van der Waals surface area contributed by atoms with Crippen LogP contribution in [0.15, 0.2) is 61.2 Å². The number of hydrogen-bond donors (Lipinski definition) is 1. The topological polar surface area (TPSA) is 97.6 Å². The van der Waals surface area contributed by atoms with Crippen LogP contribution in [0.3, 0.4) is 0 Å². The number of carbonyl (C=O) groups is 2. The van der Waals surface area contributed by atoms with Crippen LogP contribution in [-0.2, 0) is 16.1 Å². The van der Waals surface area contributed by atoms with Crippen molar-refractivity contribution in [1.29, 1.82) is 0 Å². The van der Waals surface area contributed by atoms with Crippen molar-refractivity contribution >= 4 is 23.6 Å². The number of amides is 1. The maximum absolute atomic E-state index is 13.6. The number of anilines is 1. The smallest absolute Gasteiger partial charge is 0.328 e. The van der Waals surface area contributed by atoms with Crippen molar-refractivity contribution in [2.75, 3.05) is 12.0 Å². The molecule has 1 amide bonds. The van der Waals surface area contributed by atoms with Crippen molar-refractivity contribution in [1.82, 2.24) is 14.8 Å². The van der Waals surface area contributed by atoms with Gasteiger partial charge in [0.15, 0.2) is 0 Å². The molecule has 1 aliphatic rings. The number of hydrogen-bond acceptors (Lipinski definition) is 5. The second-order valence-electron chi connectivity index (χ2n) is 8.40. The summed E-state index contributed by atoms with van der Waals surface area (Å²) >= 11 is 0. The minimum atomic E-state index is -1.04. The van der Waals surface area contributed by atoms with E-state index in [0.29, 0.717) is 17.8 Å². The quantitative estimate of drug-likeness (QED) is 0.498. The van der Waals surface area contributed by atoms with Crippen LogP contribution in [0.1, 0.15) is 43.2 Å². The minimum Gasteiger partial charge on any atom is -0.497 e. The number of benzene rings is 1. The first-order valence-electron chi connectivity index (χ1n) is 11.4. The summed E-state index contributed by atoms with van der Waals surface area (Å²) in [6.07, 6.45) is 14.4. The number of aromatic nitrogens is 3. The van der Waals surface area contributed by atoms with E-state index >= 15 is 0 Å². The molecule has 1 aromatic carbocycles. The lowest BCUT2D eigenvalue weighted by Crippen LogP contribution is -2.36. The van der Waals surface area contributed by atoms with Gasteiger partial charge in [-0.15, -0.1) is 0 Å². The number of carboxylic acid groups (broad SMARTS) is 1. The van der Waals surface area contributed by atoms with Crippen LogP contribution < -0.4 is 9.64 Å². The summed E-state index contributed by atoms with van der Waals surface area (Å²) in [6, 6.07) is 9.39. The van der Waals surface area contributed by atoms with E-state index in [1.165, 1.54) is 6.08 Å². The van der Waals surface area contributed by atoms with Gasteiger partial charge in [-0.3, -0.25) is 9.78 Å². The molecule has 2 heterocycles. The van der Waals surface area contributed by atoms with Crippen LogP contribution in [0.2, 0.25) is 0 Å². The van der Waals surface area contributed by atoms with E-state index in [1.807, 2.05) is 30.5 Å². The highest BCUT2D eigenvalue weighted by Gasteiger charge is 2.27. The van der Waals surface area contributed by atoms with Gasteiger partial charge in [0.1, 0.15) is 5.75 Å². The number of methoxy groups -OCH3 is 1. The second kappa shape index (κ2) is 10.8. The molecule has 0 saturated heterocycles. The summed E-state index contributed by atoms with van der Waals surface area (Å²) in [6.45, 7) is 0.340. The number of aliphatic carboxylic acids is 1. The van der Waals surface area contributed by atoms with Crippen molar-refractivity contribution in [3.63, 3.8) is 0 Å². The predicted molar refractivity (Wildman–Crippen MR) is 129 cm³/mol. The fourth-order valence-electron chi connectivity index (χ4n) is 4.24. The molecule has 3 aromatic rings. The van der Waals surface area contributed by atoms with Crippen LogP contribution in [-0.4, -0.2) is 38.9 Å². The number of rotatable bonds is 8. The minimum absolute atomic E-state index is 0.0274. The average Bonchev–Trinajstić information content (AvgIpc) is 3.35. The SMILES string of the molecule is COc1cccc(-n2cc(CN(C(=O)C3CCCCC3)c3cncc(C=CC(=O)O)c3)cn2)c1. The molecular weight excluding hydrogens is 432 g/mol. The van der Waals surface area contributed by atoms with Crippen LogP contribution in [0.5, 0.6) is 5.75 Å². The molecule has 8 nitrogen and oxygen atoms in total. The number of carboxylic acids is 1. The molecule has 1 saturated carbocycles. The lowest BCUT2D eigenvalue weighted by molar-refractivity contribution is -0.131. The van der Waals surface area contributed by atoms with Crippen LogP contribution in [0, 0.1) is 5.92 Å². The van der Waals surface area contributed by atoms with Gasteiger partial charge in [0.25, 0.3) is 0 Å². The van der Waals surface area contributed by atoms with Crippen molar-refractivity contribution in [3.05, 3.63) is 72.3 Å². The molecule has 1 fully saturated rings. The van der Waals surface area contributed by atoms with Gasteiger partial charge in [-0.25, -0.2) is 9.48 Å². The van der Waals surface area contributed by atoms with Crippen LogP contribution >= 0.6 is 0 Å². The number of carbonyl (C=O) groups excluding carboxylic acids is 1. The molecule has 0 spiro atoms. The monoisotopic (exact) mass is 460 g/mol. The maximum Gasteiger partial charge on any atom is 0.328 e. The average molecular weight is 461 g/mol. The Hall–Kier alpha value is -3.94. The highest BCUT2D eigenvalue weighted by Crippen LogP contribution is 2.29. The molecule has 0 radical (unpaired) electrons. The van der Waals surface area contributed by atoms with Crippen molar-refractivity contribution in [3.8, 4) is 11.4 Å². The lowest BCUT2D eigenvalue weighted by Gasteiger charge is -2.29. The van der Waals surface area contributed by atoms with Crippen molar-refractivity contribution < 1.29 is 19.4 Å². The third kappa shape index (κ3) is 5.70. The molecule has 0 atom stereocenters. The van der Waals surface area contributed by atoms with Gasteiger partial charge >= 0.3 is 5.97 Å². The molecule has 2 aromatic heterocycles. The summed E-state index contributed by atoms with van der Waals surface area (Å²) in [5, 5.41) is 13.4. The summed E-state index contributed by atoms with van der Waals surface area (Å²) in [7, 11) is 1.62. The van der Waals surface area contributed by atoms with E-state index in [1.54, 1.807) is 41.3 Å². The number of nitrogens with zero attached hydrogens (tertiary/aromatic N) is 4. The molecule has 34 heavy (non-hydrogen) atoms. The molecule has 0 bridgehead atoms. The lowest BCUT2D eigenvalue weighted by atomic mass is 9.88. The fraction of sp³-hybridized carbons (Fsp3) is 0.308. The molecule has 4 rings (SSSR count). The van der Waals surface area contributed by atoms with E-state index in [4.69, 9.17) is 9.84 Å². The first-order valence-corrected chi connectivity index (χ1v) is 11.4. The standard InChI is InChI=1S/C26H28N4O4/c1-34-24-9-5-8-22(13-24)30-18-20(15-28-30)17-29(26(33)21-6-3-2-4-7-21)23-12-19(14-27-16-23)10-11-25(31)32/h5,8-16,18,21H,2-4,6-7,17H2,1H3,(H,31,32). The maximum atomic E-state index is 13.6. The first-order chi connectivity index (χ1) is 16.5. The van der Waals surface area contributed by atoms with E-state index < -0.39 is 5.97 Å². The van der Waals surface area contributed by atoms with Gasteiger partial charge in [0.2, 0.25) is 5.91 Å². The molecule has 0 aliphatic heterocycles. The Morgan fingerprint density at radius 1 is 1.18 bits per heavy atom. The summed E-state index contributed by atoms with van der Waals surface area (Å²) in [5.74, 6) is -0.262. The predicted octanol–water partition coefficient (Wildman–Crippen LogP) is 4.49. The zero-order valence-electron chi connectivity index (χ0n) is 19.1. The molecule has 1 N–H and O–H groups in total. The Morgan fingerprint density at radius 2 is 2.00 bits per heavy atom. The van der Waals surface area contributed by atoms with E-state index in [-0.39, 0.29) is 11.8 Å². The molecule has 0 unspecified atom stereocenters. The molecule has 8 heteroatoms. The Bertz CT molecular complexity index is 1180. The summed E-state index contributed by atoms with van der Waals surface area (Å²) in [5.41, 5.74) is 2.99. The Morgan fingerprint density at radius 3 is 2.76 bits per heavy atom. The zero-order chi connectivity index (χ0) is 23.9. The molecule has 1 aliphatic carbocycles. The first kappa shape index (κ1) is 23.2. The van der Waals surface area contributed by atoms with Gasteiger partial charge in [-0.1, -0.05) is 25.3 Å². The third-order valence-electron chi connectivity index (χ3n) is 5.99. The van der Waals surface area contributed by atoms with Gasteiger partial charge in [0.05, 0.1) is 37.4 Å². The van der Waals surface area contributed by atoms with E-state index in [0.717, 1.165) is 55.2 Å². The summed E-state index contributed by atoms with van der Waals surface area (Å²) < 4.78 is 7.06. The second-order valence-corrected chi connectivity index (χ2v) is 8.40. The highest BCUT2D eigenvalue weighted by atomic mass is 16.5. The fourth-order valence-corrected chi connectivity index (χ4v) is 4.24. The number of ether oxygens (including phenoxy) is 1. The van der Waals surface area contributed by atoms with E-state index in [9.17, 15) is 9.59 Å². The Balaban J connectivity index is 1.63. The molecule has 176 valence electrons. The Kier molecular flexibility index (Phi) is 7.37.